The Kier molecular flexibility index (Phi) is 4.98. The van der Waals surface area contributed by atoms with E-state index >= 15 is 0 Å². The molecule has 2 rings (SSSR count). The van der Waals surface area contributed by atoms with Crippen molar-refractivity contribution in [3.05, 3.63) is 47.8 Å². The molecule has 0 radical (unpaired) electrons. The first kappa shape index (κ1) is 15.1. The predicted octanol–water partition coefficient (Wildman–Crippen LogP) is 2.78. The third-order valence-corrected chi connectivity index (χ3v) is 2.98. The smallest absolute Gasteiger partial charge is 0.329 e. The number of imidazole rings is 1. The molecule has 5 heteroatoms. The van der Waals surface area contributed by atoms with Crippen LogP contribution in [0, 0.1) is 6.92 Å². The number of carbonyl (C=O) groups is 1. The van der Waals surface area contributed by atoms with Crippen LogP contribution < -0.4 is 10.1 Å². The van der Waals surface area contributed by atoms with Gasteiger partial charge in [0.1, 0.15) is 0 Å². The number of nitrogens with one attached hydrogen (secondary N) is 1. The van der Waals surface area contributed by atoms with Gasteiger partial charge >= 0.3 is 12.0 Å². The number of carbonyl (C=O) groups excluding carboxylic acids is 1. The molecule has 0 fully saturated rings. The number of amides is 1. The fourth-order valence-electron chi connectivity index (χ4n) is 1.99. The van der Waals surface area contributed by atoms with Crippen molar-refractivity contribution in [1.82, 2.24) is 14.9 Å². The molecule has 0 atom stereocenters. The largest absolute Gasteiger partial charge is 0.462 e. The maximum atomic E-state index is 12.3. The van der Waals surface area contributed by atoms with Crippen molar-refractivity contribution in [1.29, 1.82) is 0 Å². The highest BCUT2D eigenvalue weighted by atomic mass is 16.5. The van der Waals surface area contributed by atoms with Crippen LogP contribution in [0.25, 0.3) is 0 Å². The summed E-state index contributed by atoms with van der Waals surface area (Å²) in [6.45, 7) is 6.21. The number of rotatable bonds is 5. The number of hydrogen-bond acceptors (Lipinski definition) is 3. The van der Waals surface area contributed by atoms with Gasteiger partial charge in [0.05, 0.1) is 12.3 Å². The summed E-state index contributed by atoms with van der Waals surface area (Å²) >= 11 is 0. The van der Waals surface area contributed by atoms with Gasteiger partial charge in [0, 0.05) is 12.2 Å². The number of aromatic nitrogens is 2. The molecule has 0 aliphatic carbocycles. The van der Waals surface area contributed by atoms with Gasteiger partial charge in [-0.1, -0.05) is 30.3 Å². The van der Waals surface area contributed by atoms with Crippen molar-refractivity contribution in [2.75, 3.05) is 6.54 Å². The van der Waals surface area contributed by atoms with Crippen molar-refractivity contribution in [3.8, 4) is 6.01 Å². The zero-order valence-electron chi connectivity index (χ0n) is 12.7. The molecule has 1 aromatic carbocycles. The molecule has 0 saturated carbocycles. The summed E-state index contributed by atoms with van der Waals surface area (Å²) in [5.74, 6) is 0. The van der Waals surface area contributed by atoms with Crippen LogP contribution in [0.15, 0.2) is 36.5 Å². The number of benzene rings is 1. The van der Waals surface area contributed by atoms with Crippen LogP contribution in [0.1, 0.15) is 25.1 Å². The molecular weight excluding hydrogens is 266 g/mol. The molecule has 0 bridgehead atoms. The molecule has 1 amide bonds. The van der Waals surface area contributed by atoms with Gasteiger partial charge in [-0.2, -0.15) is 0 Å². The lowest BCUT2D eigenvalue weighted by Gasteiger charge is -2.12. The van der Waals surface area contributed by atoms with E-state index in [9.17, 15) is 4.79 Å². The van der Waals surface area contributed by atoms with Gasteiger partial charge in [-0.15, -0.1) is 0 Å². The Morgan fingerprint density at radius 2 is 2.05 bits per heavy atom. The normalized spacial score (nSPS) is 10.7. The van der Waals surface area contributed by atoms with Gasteiger partial charge in [0.25, 0.3) is 0 Å². The lowest BCUT2D eigenvalue weighted by molar-refractivity contribution is 0.206. The maximum absolute atomic E-state index is 12.3. The molecule has 0 aliphatic rings. The van der Waals surface area contributed by atoms with E-state index in [0.29, 0.717) is 12.6 Å². The fourth-order valence-corrected chi connectivity index (χ4v) is 1.99. The average Bonchev–Trinajstić information content (AvgIpc) is 2.80. The Labute approximate surface area is 125 Å². The second-order valence-electron chi connectivity index (χ2n) is 5.15. The van der Waals surface area contributed by atoms with Crippen molar-refractivity contribution in [3.63, 3.8) is 0 Å². The van der Waals surface area contributed by atoms with E-state index in [2.05, 4.69) is 10.3 Å². The molecule has 1 heterocycles. The molecule has 0 unspecified atom stereocenters. The van der Waals surface area contributed by atoms with Crippen LogP contribution in [-0.4, -0.2) is 28.2 Å². The van der Waals surface area contributed by atoms with Crippen LogP contribution in [-0.2, 0) is 6.42 Å². The molecule has 1 aromatic heterocycles. The van der Waals surface area contributed by atoms with Crippen LogP contribution in [0.3, 0.4) is 0 Å². The van der Waals surface area contributed by atoms with Crippen molar-refractivity contribution >= 4 is 6.03 Å². The standard InChI is InChI=1S/C16H21N3O2/c1-12(2)21-16-18-11-13(3)19(16)15(20)17-10-9-14-7-5-4-6-8-14/h4-8,11-12H,9-10H2,1-3H3,(H,17,20). The number of hydrogen-bond donors (Lipinski definition) is 1. The minimum Gasteiger partial charge on any atom is -0.462 e. The topological polar surface area (TPSA) is 56.2 Å². The van der Waals surface area contributed by atoms with Crippen LogP contribution in [0.5, 0.6) is 6.01 Å². The van der Waals surface area contributed by atoms with Crippen LogP contribution in [0.2, 0.25) is 0 Å². The lowest BCUT2D eigenvalue weighted by Crippen LogP contribution is -2.31. The fraction of sp³-hybridized carbons (Fsp3) is 0.375. The first-order valence-corrected chi connectivity index (χ1v) is 7.11. The minimum absolute atomic E-state index is 0.0253. The van der Waals surface area contributed by atoms with E-state index < -0.39 is 0 Å². The third-order valence-electron chi connectivity index (χ3n) is 2.98. The summed E-state index contributed by atoms with van der Waals surface area (Å²) in [4.78, 5) is 16.4. The molecule has 0 spiro atoms. The van der Waals surface area contributed by atoms with Gasteiger partial charge in [-0.25, -0.2) is 14.3 Å². The second-order valence-corrected chi connectivity index (χ2v) is 5.15. The Hall–Kier alpha value is -2.30. The van der Waals surface area contributed by atoms with Crippen molar-refractivity contribution < 1.29 is 9.53 Å². The van der Waals surface area contributed by atoms with E-state index in [1.165, 1.54) is 10.1 Å². The molecule has 2 aromatic rings. The quantitative estimate of drug-likeness (QED) is 0.920. The Bertz CT molecular complexity index is 591. The van der Waals surface area contributed by atoms with Crippen LogP contribution in [0.4, 0.5) is 4.79 Å². The van der Waals surface area contributed by atoms with Gasteiger partial charge in [0.2, 0.25) is 0 Å². The summed E-state index contributed by atoms with van der Waals surface area (Å²) in [6, 6.07) is 10.2. The number of nitrogens with zero attached hydrogens (tertiary/aromatic N) is 2. The van der Waals surface area contributed by atoms with Crippen molar-refractivity contribution in [2.45, 2.75) is 33.3 Å². The highest BCUT2D eigenvalue weighted by Crippen LogP contribution is 2.13. The van der Waals surface area contributed by atoms with E-state index in [0.717, 1.165) is 12.1 Å². The minimum atomic E-state index is -0.211. The van der Waals surface area contributed by atoms with E-state index in [1.54, 1.807) is 6.20 Å². The Morgan fingerprint density at radius 1 is 1.33 bits per heavy atom. The molecule has 0 saturated heterocycles. The molecule has 21 heavy (non-hydrogen) atoms. The molecular formula is C16H21N3O2. The number of aryl methyl sites for hydroxylation is 1. The van der Waals surface area contributed by atoms with Gasteiger partial charge in [0.15, 0.2) is 0 Å². The highest BCUT2D eigenvalue weighted by molar-refractivity contribution is 5.78. The summed E-state index contributed by atoms with van der Waals surface area (Å²) in [5, 5.41) is 2.89. The third kappa shape index (κ3) is 4.08. The zero-order chi connectivity index (χ0) is 15.2. The van der Waals surface area contributed by atoms with Gasteiger partial charge in [-0.05, 0) is 32.8 Å². The van der Waals surface area contributed by atoms with E-state index in [1.807, 2.05) is 51.1 Å². The Balaban J connectivity index is 1.95. The number of ether oxygens (including phenoxy) is 1. The van der Waals surface area contributed by atoms with Crippen LogP contribution >= 0.6 is 0 Å². The summed E-state index contributed by atoms with van der Waals surface area (Å²) in [6.07, 6.45) is 2.40. The van der Waals surface area contributed by atoms with E-state index in [4.69, 9.17) is 4.74 Å². The van der Waals surface area contributed by atoms with Crippen molar-refractivity contribution in [2.24, 2.45) is 0 Å². The molecule has 1 N–H and O–H groups in total. The second kappa shape index (κ2) is 6.92. The van der Waals surface area contributed by atoms with E-state index in [-0.39, 0.29) is 12.1 Å². The maximum Gasteiger partial charge on any atom is 0.329 e. The van der Waals surface area contributed by atoms with Gasteiger partial charge in [-0.3, -0.25) is 0 Å². The molecule has 5 nitrogen and oxygen atoms in total. The SMILES string of the molecule is Cc1cnc(OC(C)C)n1C(=O)NCCc1ccccc1. The molecule has 0 aliphatic heterocycles. The molecule has 112 valence electrons. The zero-order valence-corrected chi connectivity index (χ0v) is 12.7. The van der Waals surface area contributed by atoms with Gasteiger partial charge < -0.3 is 10.1 Å². The Morgan fingerprint density at radius 3 is 2.71 bits per heavy atom. The lowest BCUT2D eigenvalue weighted by atomic mass is 10.1. The average molecular weight is 287 g/mol. The first-order chi connectivity index (χ1) is 10.1. The summed E-state index contributed by atoms with van der Waals surface area (Å²) in [5.41, 5.74) is 1.95. The highest BCUT2D eigenvalue weighted by Gasteiger charge is 2.16. The first-order valence-electron chi connectivity index (χ1n) is 7.11. The monoisotopic (exact) mass is 287 g/mol. The summed E-state index contributed by atoms with van der Waals surface area (Å²) < 4.78 is 7.01. The predicted molar refractivity (Wildman–Crippen MR) is 81.7 cm³/mol. The summed E-state index contributed by atoms with van der Waals surface area (Å²) in [7, 11) is 0.